The summed E-state index contributed by atoms with van der Waals surface area (Å²) in [5.74, 6) is 0.520. The van der Waals surface area contributed by atoms with Gasteiger partial charge in [0.15, 0.2) is 0 Å². The maximum absolute atomic E-state index is 11.7. The van der Waals surface area contributed by atoms with Gasteiger partial charge >= 0.3 is 5.97 Å². The van der Waals surface area contributed by atoms with Crippen LogP contribution in [0.15, 0.2) is 12.7 Å². The van der Waals surface area contributed by atoms with Gasteiger partial charge in [0.25, 0.3) is 0 Å². The van der Waals surface area contributed by atoms with Crippen molar-refractivity contribution in [3.05, 3.63) is 12.7 Å². The van der Waals surface area contributed by atoms with Crippen LogP contribution in [0.2, 0.25) is 0 Å². The minimum absolute atomic E-state index is 0.170. The summed E-state index contributed by atoms with van der Waals surface area (Å²) in [5, 5.41) is 9.78. The molecule has 0 saturated heterocycles. The first-order valence-electron chi connectivity index (χ1n) is 6.79. The van der Waals surface area contributed by atoms with Gasteiger partial charge in [0, 0.05) is 6.42 Å². The van der Waals surface area contributed by atoms with Crippen LogP contribution in [0.3, 0.4) is 0 Å². The Kier molecular flexibility index (Phi) is 5.39. The van der Waals surface area contributed by atoms with E-state index < -0.39 is 0 Å². The summed E-state index contributed by atoms with van der Waals surface area (Å²) >= 11 is 0. The van der Waals surface area contributed by atoms with Crippen molar-refractivity contribution in [2.24, 2.45) is 17.3 Å². The van der Waals surface area contributed by atoms with Crippen LogP contribution < -0.4 is 0 Å². The molecule has 3 nitrogen and oxygen atoms in total. The van der Waals surface area contributed by atoms with Gasteiger partial charge in [-0.05, 0) is 36.5 Å². The second-order valence-electron chi connectivity index (χ2n) is 6.38. The molecule has 0 aliphatic heterocycles. The Morgan fingerprint density at radius 1 is 1.44 bits per heavy atom. The number of aliphatic hydroxyl groups excluding tert-OH is 1. The van der Waals surface area contributed by atoms with Crippen molar-refractivity contribution >= 4 is 5.97 Å². The fraction of sp³-hybridized carbons (Fsp3) is 0.800. The van der Waals surface area contributed by atoms with Gasteiger partial charge < -0.3 is 9.84 Å². The molecule has 1 aliphatic rings. The minimum Gasteiger partial charge on any atom is -0.461 e. The van der Waals surface area contributed by atoms with Crippen LogP contribution in [-0.4, -0.2) is 23.8 Å². The predicted molar refractivity (Wildman–Crippen MR) is 72.1 cm³/mol. The molecule has 18 heavy (non-hydrogen) atoms. The number of ether oxygens (including phenoxy) is 1. The largest absolute Gasteiger partial charge is 0.461 e. The van der Waals surface area contributed by atoms with Crippen LogP contribution in [0.4, 0.5) is 0 Å². The summed E-state index contributed by atoms with van der Waals surface area (Å²) in [5.41, 5.74) is 0.170. The molecule has 3 heteroatoms. The first-order valence-corrected chi connectivity index (χ1v) is 6.79. The molecule has 0 aromatic carbocycles. The van der Waals surface area contributed by atoms with Gasteiger partial charge in [-0.15, -0.1) is 0 Å². The summed E-state index contributed by atoms with van der Waals surface area (Å²) in [4.78, 5) is 11.7. The van der Waals surface area contributed by atoms with Crippen LogP contribution >= 0.6 is 0 Å². The zero-order valence-corrected chi connectivity index (χ0v) is 11.8. The van der Waals surface area contributed by atoms with E-state index >= 15 is 0 Å². The van der Waals surface area contributed by atoms with Gasteiger partial charge in [0.05, 0.1) is 6.10 Å². The van der Waals surface area contributed by atoms with Gasteiger partial charge in [-0.1, -0.05) is 33.4 Å². The van der Waals surface area contributed by atoms with Crippen molar-refractivity contribution in [3.63, 3.8) is 0 Å². The number of carbonyl (C=O) groups excluding carboxylic acids is 1. The molecule has 1 fully saturated rings. The second-order valence-corrected chi connectivity index (χ2v) is 6.38. The average molecular weight is 254 g/mol. The standard InChI is InChI=1S/C15H26O3/c1-5-8-18-14(17)10-11-9-12(16)6-7-13(11)15(2,3)4/h5,11-13,16H,1,6-10H2,2-4H3. The second kappa shape index (κ2) is 6.37. The molecular formula is C15H26O3. The van der Waals surface area contributed by atoms with Crippen LogP contribution in [0.5, 0.6) is 0 Å². The molecule has 1 rings (SSSR count). The molecule has 3 atom stereocenters. The number of hydrogen-bond donors (Lipinski definition) is 1. The molecule has 3 unspecified atom stereocenters. The molecule has 0 spiro atoms. The molecule has 0 aromatic heterocycles. The molecule has 0 bridgehead atoms. The van der Waals surface area contributed by atoms with Gasteiger partial charge in [-0.2, -0.15) is 0 Å². The summed E-state index contributed by atoms with van der Waals surface area (Å²) < 4.78 is 5.05. The van der Waals surface area contributed by atoms with E-state index in [1.807, 2.05) is 0 Å². The Labute approximate surface area is 110 Å². The van der Waals surface area contributed by atoms with Crippen molar-refractivity contribution in [1.29, 1.82) is 0 Å². The Morgan fingerprint density at radius 2 is 2.11 bits per heavy atom. The van der Waals surface area contributed by atoms with E-state index in [0.29, 0.717) is 18.8 Å². The first-order chi connectivity index (χ1) is 8.34. The lowest BCUT2D eigenvalue weighted by molar-refractivity contribution is -0.145. The SMILES string of the molecule is C=CCOC(=O)CC1CC(O)CCC1C(C)(C)C. The van der Waals surface area contributed by atoms with Crippen molar-refractivity contribution in [1.82, 2.24) is 0 Å². The Hall–Kier alpha value is -0.830. The van der Waals surface area contributed by atoms with Crippen molar-refractivity contribution in [3.8, 4) is 0 Å². The highest BCUT2D eigenvalue weighted by molar-refractivity contribution is 5.69. The average Bonchev–Trinajstić information content (AvgIpc) is 2.24. The van der Waals surface area contributed by atoms with Gasteiger partial charge in [0.2, 0.25) is 0 Å². The van der Waals surface area contributed by atoms with Gasteiger partial charge in [-0.3, -0.25) is 4.79 Å². The monoisotopic (exact) mass is 254 g/mol. The third-order valence-electron chi connectivity index (χ3n) is 3.86. The summed E-state index contributed by atoms with van der Waals surface area (Å²) in [6.45, 7) is 10.4. The molecule has 104 valence electrons. The lowest BCUT2D eigenvalue weighted by Gasteiger charge is -2.41. The van der Waals surface area contributed by atoms with E-state index in [1.54, 1.807) is 6.08 Å². The van der Waals surface area contributed by atoms with E-state index in [2.05, 4.69) is 27.4 Å². The molecule has 0 amide bonds. The lowest BCUT2D eigenvalue weighted by Crippen LogP contribution is -2.37. The van der Waals surface area contributed by atoms with Gasteiger partial charge in [0.1, 0.15) is 6.61 Å². The van der Waals surface area contributed by atoms with E-state index in [0.717, 1.165) is 12.8 Å². The van der Waals surface area contributed by atoms with E-state index in [4.69, 9.17) is 4.74 Å². The molecular weight excluding hydrogens is 228 g/mol. The minimum atomic E-state index is -0.263. The normalized spacial score (nSPS) is 28.8. The molecule has 1 N–H and O–H groups in total. The number of hydrogen-bond acceptors (Lipinski definition) is 3. The third kappa shape index (κ3) is 4.45. The maximum Gasteiger partial charge on any atom is 0.306 e. The molecule has 0 heterocycles. The Bertz CT molecular complexity index is 291. The summed E-state index contributed by atoms with van der Waals surface area (Å²) in [6, 6.07) is 0. The van der Waals surface area contributed by atoms with Crippen molar-refractivity contribution < 1.29 is 14.6 Å². The zero-order chi connectivity index (χ0) is 13.8. The summed E-state index contributed by atoms with van der Waals surface area (Å²) in [7, 11) is 0. The van der Waals surface area contributed by atoms with Crippen LogP contribution in [-0.2, 0) is 9.53 Å². The smallest absolute Gasteiger partial charge is 0.306 e. The number of carbonyl (C=O) groups is 1. The fourth-order valence-corrected chi connectivity index (χ4v) is 3.03. The highest BCUT2D eigenvalue weighted by Gasteiger charge is 2.37. The zero-order valence-electron chi connectivity index (χ0n) is 11.8. The Balaban J connectivity index is 2.62. The maximum atomic E-state index is 11.7. The fourth-order valence-electron chi connectivity index (χ4n) is 3.03. The predicted octanol–water partition coefficient (Wildman–Crippen LogP) is 2.93. The van der Waals surface area contributed by atoms with Crippen molar-refractivity contribution in [2.75, 3.05) is 6.61 Å². The molecule has 1 saturated carbocycles. The van der Waals surface area contributed by atoms with Gasteiger partial charge in [-0.25, -0.2) is 0 Å². The number of rotatable bonds is 4. The highest BCUT2D eigenvalue weighted by Crippen LogP contribution is 2.43. The van der Waals surface area contributed by atoms with E-state index in [-0.39, 0.29) is 30.0 Å². The molecule has 0 aromatic rings. The van der Waals surface area contributed by atoms with Crippen LogP contribution in [0.1, 0.15) is 46.5 Å². The third-order valence-corrected chi connectivity index (χ3v) is 3.86. The molecule has 1 aliphatic carbocycles. The van der Waals surface area contributed by atoms with E-state index in [1.165, 1.54) is 0 Å². The topological polar surface area (TPSA) is 46.5 Å². The number of aliphatic hydroxyl groups is 1. The van der Waals surface area contributed by atoms with Crippen molar-refractivity contribution in [2.45, 2.75) is 52.6 Å². The first kappa shape index (κ1) is 15.2. The van der Waals surface area contributed by atoms with Crippen LogP contribution in [0.25, 0.3) is 0 Å². The summed E-state index contributed by atoms with van der Waals surface area (Å²) in [6.07, 6.45) is 4.28. The van der Waals surface area contributed by atoms with E-state index in [9.17, 15) is 9.90 Å². The lowest BCUT2D eigenvalue weighted by atomic mass is 9.65. The quantitative estimate of drug-likeness (QED) is 0.620. The Morgan fingerprint density at radius 3 is 2.67 bits per heavy atom. The molecule has 0 radical (unpaired) electrons. The highest BCUT2D eigenvalue weighted by atomic mass is 16.5. The van der Waals surface area contributed by atoms with Crippen LogP contribution in [0, 0.1) is 17.3 Å². The number of esters is 1.